The van der Waals surface area contributed by atoms with Gasteiger partial charge in [0, 0.05) is 11.3 Å². The molecule has 0 saturated carbocycles. The Hall–Kier alpha value is -2.63. The zero-order valence-electron chi connectivity index (χ0n) is 14.0. The second kappa shape index (κ2) is 7.41. The van der Waals surface area contributed by atoms with E-state index < -0.39 is 23.6 Å². The molecule has 0 bridgehead atoms. The average molecular weight is 420 g/mol. The number of aryl methyl sites for hydroxylation is 1. The number of aromatic nitrogens is 4. The van der Waals surface area contributed by atoms with Gasteiger partial charge < -0.3 is 4.52 Å². The number of benzene rings is 1. The second-order valence-corrected chi connectivity index (χ2v) is 6.49. The molecule has 0 unspecified atom stereocenters. The molecule has 0 aliphatic carbocycles. The predicted octanol–water partition coefficient (Wildman–Crippen LogP) is 5.16. The summed E-state index contributed by atoms with van der Waals surface area (Å²) < 4.78 is 81.1. The van der Waals surface area contributed by atoms with Crippen molar-refractivity contribution < 1.29 is 30.9 Å². The van der Waals surface area contributed by atoms with Gasteiger partial charge in [-0.05, 0) is 25.1 Å². The van der Waals surface area contributed by atoms with Gasteiger partial charge in [0.05, 0.1) is 11.3 Å². The maximum Gasteiger partial charge on any atom is 0.433 e. The summed E-state index contributed by atoms with van der Waals surface area (Å²) in [6.45, 7) is 1.41. The lowest BCUT2D eigenvalue weighted by atomic mass is 10.1. The van der Waals surface area contributed by atoms with Crippen LogP contribution in [0.4, 0.5) is 26.3 Å². The molecule has 148 valence electrons. The molecule has 2 aromatic heterocycles. The van der Waals surface area contributed by atoms with E-state index in [4.69, 9.17) is 4.52 Å². The van der Waals surface area contributed by atoms with Crippen molar-refractivity contribution in [3.63, 3.8) is 0 Å². The third-order valence-electron chi connectivity index (χ3n) is 3.39. The first-order chi connectivity index (χ1) is 13.0. The fraction of sp³-hybridized carbons (Fsp3) is 0.250. The van der Waals surface area contributed by atoms with Crippen molar-refractivity contribution in [3.05, 3.63) is 53.2 Å². The van der Waals surface area contributed by atoms with Gasteiger partial charge in [0.25, 0.3) is 0 Å². The molecule has 0 saturated heterocycles. The van der Waals surface area contributed by atoms with Crippen molar-refractivity contribution in [1.82, 2.24) is 20.1 Å². The van der Waals surface area contributed by atoms with Gasteiger partial charge in [-0.15, -0.1) is 0 Å². The average Bonchev–Trinajstić information content (AvgIpc) is 3.07. The summed E-state index contributed by atoms with van der Waals surface area (Å²) in [7, 11) is 0. The minimum absolute atomic E-state index is 0.00557. The van der Waals surface area contributed by atoms with Crippen molar-refractivity contribution in [1.29, 1.82) is 0 Å². The summed E-state index contributed by atoms with van der Waals surface area (Å²) in [6.07, 6.45) is -9.05. The summed E-state index contributed by atoms with van der Waals surface area (Å²) >= 11 is 0.865. The molecule has 5 nitrogen and oxygen atoms in total. The quantitative estimate of drug-likeness (QED) is 0.330. The maximum absolute atomic E-state index is 12.8. The van der Waals surface area contributed by atoms with Crippen molar-refractivity contribution in [2.45, 2.75) is 30.2 Å². The summed E-state index contributed by atoms with van der Waals surface area (Å²) in [5.74, 6) is 0.123. The number of hydrogen-bond acceptors (Lipinski definition) is 6. The fourth-order valence-corrected chi connectivity index (χ4v) is 2.86. The van der Waals surface area contributed by atoms with Crippen LogP contribution >= 0.6 is 11.8 Å². The molecule has 28 heavy (non-hydrogen) atoms. The molecule has 0 amide bonds. The lowest BCUT2D eigenvalue weighted by molar-refractivity contribution is -0.141. The van der Waals surface area contributed by atoms with Crippen LogP contribution in [0.2, 0.25) is 0 Å². The Morgan fingerprint density at radius 1 is 0.929 bits per heavy atom. The van der Waals surface area contributed by atoms with E-state index in [1.165, 1.54) is 19.1 Å². The van der Waals surface area contributed by atoms with Gasteiger partial charge in [-0.3, -0.25) is 0 Å². The first kappa shape index (κ1) is 20.1. The van der Waals surface area contributed by atoms with Gasteiger partial charge >= 0.3 is 12.4 Å². The topological polar surface area (TPSA) is 64.7 Å². The molecule has 0 aliphatic heterocycles. The first-order valence-electron chi connectivity index (χ1n) is 7.58. The molecule has 0 N–H and O–H groups in total. The Kier molecular flexibility index (Phi) is 5.33. The lowest BCUT2D eigenvalue weighted by Gasteiger charge is -2.07. The SMILES string of the molecule is Cc1cc(C(F)(F)F)nc(SCc2nc(-c3ccc(C(F)(F)F)cc3)no2)n1. The monoisotopic (exact) mass is 420 g/mol. The van der Waals surface area contributed by atoms with E-state index in [1.807, 2.05) is 0 Å². The van der Waals surface area contributed by atoms with Gasteiger partial charge in [0.15, 0.2) is 5.16 Å². The van der Waals surface area contributed by atoms with E-state index in [9.17, 15) is 26.3 Å². The van der Waals surface area contributed by atoms with Crippen LogP contribution in [-0.2, 0) is 18.1 Å². The van der Waals surface area contributed by atoms with Crippen molar-refractivity contribution in [3.8, 4) is 11.4 Å². The van der Waals surface area contributed by atoms with Crippen LogP contribution in [-0.4, -0.2) is 20.1 Å². The van der Waals surface area contributed by atoms with E-state index in [1.54, 1.807) is 0 Å². The van der Waals surface area contributed by atoms with Gasteiger partial charge in [-0.25, -0.2) is 9.97 Å². The molecule has 0 spiro atoms. The Morgan fingerprint density at radius 2 is 1.61 bits per heavy atom. The summed E-state index contributed by atoms with van der Waals surface area (Å²) in [4.78, 5) is 11.4. The third kappa shape index (κ3) is 4.80. The fourth-order valence-electron chi connectivity index (χ4n) is 2.12. The Morgan fingerprint density at radius 3 is 2.21 bits per heavy atom. The minimum atomic E-state index is -4.59. The van der Waals surface area contributed by atoms with E-state index >= 15 is 0 Å². The number of halogens is 6. The summed E-state index contributed by atoms with van der Waals surface area (Å²) in [6, 6.07) is 5.01. The largest absolute Gasteiger partial charge is 0.433 e. The van der Waals surface area contributed by atoms with E-state index in [2.05, 4.69) is 20.1 Å². The summed E-state index contributed by atoms with van der Waals surface area (Å²) in [5, 5.41) is 3.55. The summed E-state index contributed by atoms with van der Waals surface area (Å²) in [5.41, 5.74) is -1.41. The van der Waals surface area contributed by atoms with Crippen LogP contribution in [0.5, 0.6) is 0 Å². The van der Waals surface area contributed by atoms with Crippen LogP contribution in [0.1, 0.15) is 22.8 Å². The smallest absolute Gasteiger partial charge is 0.338 e. The molecule has 1 aromatic carbocycles. The van der Waals surface area contributed by atoms with E-state index in [0.717, 1.165) is 30.0 Å². The molecular formula is C16H10F6N4OS. The Labute approximate surface area is 158 Å². The van der Waals surface area contributed by atoms with E-state index in [-0.39, 0.29) is 28.3 Å². The highest BCUT2D eigenvalue weighted by molar-refractivity contribution is 7.98. The molecule has 0 radical (unpaired) electrons. The van der Waals surface area contributed by atoms with Crippen LogP contribution in [0.3, 0.4) is 0 Å². The highest BCUT2D eigenvalue weighted by atomic mass is 32.2. The molecule has 3 aromatic rings. The second-order valence-electron chi connectivity index (χ2n) is 5.55. The van der Waals surface area contributed by atoms with Crippen molar-refractivity contribution >= 4 is 11.8 Å². The molecule has 0 fully saturated rings. The molecule has 12 heteroatoms. The maximum atomic E-state index is 12.8. The van der Waals surface area contributed by atoms with Gasteiger partial charge in [0.1, 0.15) is 5.69 Å². The van der Waals surface area contributed by atoms with Gasteiger partial charge in [-0.2, -0.15) is 31.3 Å². The van der Waals surface area contributed by atoms with Gasteiger partial charge in [0.2, 0.25) is 11.7 Å². The van der Waals surface area contributed by atoms with Crippen molar-refractivity contribution in [2.24, 2.45) is 0 Å². The molecule has 3 rings (SSSR count). The lowest BCUT2D eigenvalue weighted by Crippen LogP contribution is -2.10. The number of alkyl halides is 6. The Balaban J connectivity index is 1.71. The van der Waals surface area contributed by atoms with Crippen LogP contribution in [0.25, 0.3) is 11.4 Å². The minimum Gasteiger partial charge on any atom is -0.338 e. The van der Waals surface area contributed by atoms with Crippen LogP contribution in [0.15, 0.2) is 40.0 Å². The zero-order valence-corrected chi connectivity index (χ0v) is 14.8. The first-order valence-corrected chi connectivity index (χ1v) is 8.57. The molecule has 0 atom stereocenters. The number of thioether (sulfide) groups is 1. The third-order valence-corrected chi connectivity index (χ3v) is 4.22. The van der Waals surface area contributed by atoms with Crippen LogP contribution in [0, 0.1) is 6.92 Å². The number of rotatable bonds is 4. The molecular weight excluding hydrogens is 410 g/mol. The van der Waals surface area contributed by atoms with Crippen LogP contribution < -0.4 is 0 Å². The number of hydrogen-bond donors (Lipinski definition) is 0. The Bertz CT molecular complexity index is 969. The highest BCUT2D eigenvalue weighted by Crippen LogP contribution is 2.31. The molecule has 2 heterocycles. The predicted molar refractivity (Wildman–Crippen MR) is 86.1 cm³/mol. The van der Waals surface area contributed by atoms with Gasteiger partial charge in [-0.1, -0.05) is 29.1 Å². The zero-order chi connectivity index (χ0) is 20.5. The van der Waals surface area contributed by atoms with Crippen molar-refractivity contribution in [2.75, 3.05) is 0 Å². The molecule has 0 aliphatic rings. The number of nitrogens with zero attached hydrogens (tertiary/aromatic N) is 4. The standard InChI is InChI=1S/C16H10F6N4OS/c1-8-6-11(16(20,21)22)24-14(23-8)28-7-12-25-13(26-27-12)9-2-4-10(5-3-9)15(17,18)19/h2-6H,7H2,1H3. The van der Waals surface area contributed by atoms with E-state index in [0.29, 0.717) is 5.56 Å². The highest BCUT2D eigenvalue weighted by Gasteiger charge is 2.33. The normalized spacial score (nSPS) is 12.4.